The standard InChI is InChI=1S/C7H7F3N2.C2H6/c1-4-3-11-6(7(8,9)10)12-5(4)2;1-2/h3H,1-2H3;1-2H3. The van der Waals surface area contributed by atoms with Crippen molar-refractivity contribution in [1.29, 1.82) is 0 Å². The minimum absolute atomic E-state index is 0.359. The summed E-state index contributed by atoms with van der Waals surface area (Å²) < 4.78 is 35.9. The van der Waals surface area contributed by atoms with Crippen LogP contribution in [0.3, 0.4) is 0 Å². The van der Waals surface area contributed by atoms with Crippen LogP contribution in [-0.2, 0) is 6.18 Å². The lowest BCUT2D eigenvalue weighted by atomic mass is 10.3. The highest BCUT2D eigenvalue weighted by Gasteiger charge is 2.34. The summed E-state index contributed by atoms with van der Waals surface area (Å²) >= 11 is 0. The Hall–Kier alpha value is -1.13. The van der Waals surface area contributed by atoms with E-state index in [0.717, 1.165) is 0 Å². The van der Waals surface area contributed by atoms with Crippen LogP contribution < -0.4 is 0 Å². The molecule has 1 heterocycles. The maximum absolute atomic E-state index is 12.0. The molecule has 0 N–H and O–H groups in total. The van der Waals surface area contributed by atoms with Gasteiger partial charge in [0.1, 0.15) is 0 Å². The van der Waals surface area contributed by atoms with E-state index in [-0.39, 0.29) is 0 Å². The molecule has 0 aromatic carbocycles. The average molecular weight is 206 g/mol. The summed E-state index contributed by atoms with van der Waals surface area (Å²) in [5.41, 5.74) is 1.01. The van der Waals surface area contributed by atoms with Gasteiger partial charge in [-0.1, -0.05) is 13.8 Å². The van der Waals surface area contributed by atoms with Gasteiger partial charge in [-0.15, -0.1) is 0 Å². The Kier molecular flexibility index (Phi) is 4.53. The van der Waals surface area contributed by atoms with E-state index in [1.807, 2.05) is 13.8 Å². The van der Waals surface area contributed by atoms with Crippen molar-refractivity contribution in [3.05, 3.63) is 23.3 Å². The van der Waals surface area contributed by atoms with E-state index in [2.05, 4.69) is 9.97 Å². The van der Waals surface area contributed by atoms with E-state index < -0.39 is 12.0 Å². The van der Waals surface area contributed by atoms with E-state index in [1.165, 1.54) is 13.1 Å². The molecule has 0 fully saturated rings. The van der Waals surface area contributed by atoms with Gasteiger partial charge in [-0.2, -0.15) is 13.2 Å². The Bertz CT molecular complexity index is 295. The molecule has 14 heavy (non-hydrogen) atoms. The molecule has 0 bridgehead atoms. The summed E-state index contributed by atoms with van der Waals surface area (Å²) in [7, 11) is 0. The SMILES string of the molecule is CC.Cc1cnc(C(F)(F)F)nc1C. The van der Waals surface area contributed by atoms with E-state index in [1.54, 1.807) is 6.92 Å². The Morgan fingerprint density at radius 3 is 2.00 bits per heavy atom. The van der Waals surface area contributed by atoms with Crippen LogP contribution in [0.5, 0.6) is 0 Å². The molecule has 0 unspecified atom stereocenters. The lowest BCUT2D eigenvalue weighted by Gasteiger charge is -2.05. The van der Waals surface area contributed by atoms with Crippen molar-refractivity contribution in [3.8, 4) is 0 Å². The number of alkyl halides is 3. The Balaban J connectivity index is 0.000000791. The molecule has 0 saturated heterocycles. The highest BCUT2D eigenvalue weighted by molar-refractivity contribution is 5.14. The van der Waals surface area contributed by atoms with Crippen molar-refractivity contribution >= 4 is 0 Å². The summed E-state index contributed by atoms with van der Waals surface area (Å²) in [6, 6.07) is 0. The Labute approximate surface area is 81.2 Å². The third-order valence-corrected chi connectivity index (χ3v) is 1.48. The van der Waals surface area contributed by atoms with Crippen molar-refractivity contribution in [2.45, 2.75) is 33.9 Å². The zero-order valence-corrected chi connectivity index (χ0v) is 8.61. The highest BCUT2D eigenvalue weighted by atomic mass is 19.4. The van der Waals surface area contributed by atoms with Crippen molar-refractivity contribution in [1.82, 2.24) is 9.97 Å². The number of rotatable bonds is 0. The zero-order valence-electron chi connectivity index (χ0n) is 8.61. The molecule has 0 spiro atoms. The van der Waals surface area contributed by atoms with Gasteiger partial charge in [0.25, 0.3) is 0 Å². The molecular weight excluding hydrogens is 193 g/mol. The first-order valence-electron chi connectivity index (χ1n) is 4.28. The van der Waals surface area contributed by atoms with Crippen LogP contribution in [0.1, 0.15) is 30.9 Å². The number of hydrogen-bond donors (Lipinski definition) is 0. The second-order valence-electron chi connectivity index (χ2n) is 2.46. The van der Waals surface area contributed by atoms with Crippen molar-refractivity contribution in [2.24, 2.45) is 0 Å². The summed E-state index contributed by atoms with van der Waals surface area (Å²) in [4.78, 5) is 6.48. The molecule has 0 atom stereocenters. The van der Waals surface area contributed by atoms with E-state index in [0.29, 0.717) is 11.3 Å². The van der Waals surface area contributed by atoms with E-state index in [9.17, 15) is 13.2 Å². The fourth-order valence-electron chi connectivity index (χ4n) is 0.664. The molecule has 2 nitrogen and oxygen atoms in total. The van der Waals surface area contributed by atoms with Gasteiger partial charge in [-0.05, 0) is 19.4 Å². The topological polar surface area (TPSA) is 25.8 Å². The fourth-order valence-corrected chi connectivity index (χ4v) is 0.664. The lowest BCUT2D eigenvalue weighted by molar-refractivity contribution is -0.145. The molecule has 0 radical (unpaired) electrons. The van der Waals surface area contributed by atoms with Gasteiger partial charge in [0.15, 0.2) is 0 Å². The summed E-state index contributed by atoms with van der Waals surface area (Å²) in [6.45, 7) is 7.18. The summed E-state index contributed by atoms with van der Waals surface area (Å²) in [6.07, 6.45) is -3.27. The molecule has 0 aliphatic carbocycles. The molecule has 1 aromatic rings. The highest BCUT2D eigenvalue weighted by Crippen LogP contribution is 2.25. The number of aryl methyl sites for hydroxylation is 2. The number of aromatic nitrogens is 2. The number of halogens is 3. The van der Waals surface area contributed by atoms with E-state index in [4.69, 9.17) is 0 Å². The van der Waals surface area contributed by atoms with Gasteiger partial charge in [0, 0.05) is 11.9 Å². The first-order chi connectivity index (χ1) is 6.41. The average Bonchev–Trinajstić information content (AvgIpc) is 2.11. The van der Waals surface area contributed by atoms with Gasteiger partial charge < -0.3 is 0 Å². The molecule has 80 valence electrons. The minimum Gasteiger partial charge on any atom is -0.233 e. The Morgan fingerprint density at radius 2 is 1.64 bits per heavy atom. The largest absolute Gasteiger partial charge is 0.451 e. The molecule has 0 aliphatic rings. The van der Waals surface area contributed by atoms with Gasteiger partial charge >= 0.3 is 6.18 Å². The molecule has 1 rings (SSSR count). The molecule has 0 amide bonds. The Morgan fingerprint density at radius 1 is 1.14 bits per heavy atom. The van der Waals surface area contributed by atoms with Crippen molar-refractivity contribution in [3.63, 3.8) is 0 Å². The van der Waals surface area contributed by atoms with Crippen LogP contribution in [0, 0.1) is 13.8 Å². The molecule has 1 aromatic heterocycles. The van der Waals surface area contributed by atoms with Crippen LogP contribution in [-0.4, -0.2) is 9.97 Å². The van der Waals surface area contributed by atoms with E-state index >= 15 is 0 Å². The molecule has 0 saturated carbocycles. The third-order valence-electron chi connectivity index (χ3n) is 1.48. The smallest absolute Gasteiger partial charge is 0.233 e. The molecule has 5 heteroatoms. The predicted molar refractivity (Wildman–Crippen MR) is 47.9 cm³/mol. The maximum atomic E-state index is 12.0. The zero-order chi connectivity index (χ0) is 11.4. The number of hydrogen-bond acceptors (Lipinski definition) is 2. The first kappa shape index (κ1) is 12.9. The second-order valence-corrected chi connectivity index (χ2v) is 2.46. The third kappa shape index (κ3) is 3.32. The molecular formula is C9H13F3N2. The van der Waals surface area contributed by atoms with Crippen LogP contribution in [0.25, 0.3) is 0 Å². The fraction of sp³-hybridized carbons (Fsp3) is 0.556. The normalized spacial score (nSPS) is 10.5. The van der Waals surface area contributed by atoms with Gasteiger partial charge in [-0.25, -0.2) is 9.97 Å². The summed E-state index contributed by atoms with van der Waals surface area (Å²) in [5, 5.41) is 0. The number of nitrogens with zero attached hydrogens (tertiary/aromatic N) is 2. The van der Waals surface area contributed by atoms with Crippen LogP contribution in [0.4, 0.5) is 13.2 Å². The van der Waals surface area contributed by atoms with Crippen LogP contribution in [0.15, 0.2) is 6.20 Å². The molecule has 0 aliphatic heterocycles. The first-order valence-corrected chi connectivity index (χ1v) is 4.28. The van der Waals surface area contributed by atoms with Crippen LogP contribution >= 0.6 is 0 Å². The van der Waals surface area contributed by atoms with Gasteiger partial charge in [-0.3, -0.25) is 0 Å². The van der Waals surface area contributed by atoms with Crippen molar-refractivity contribution < 1.29 is 13.2 Å². The van der Waals surface area contributed by atoms with Crippen LogP contribution in [0.2, 0.25) is 0 Å². The lowest BCUT2D eigenvalue weighted by Crippen LogP contribution is -2.11. The monoisotopic (exact) mass is 206 g/mol. The quantitative estimate of drug-likeness (QED) is 0.651. The van der Waals surface area contributed by atoms with Crippen molar-refractivity contribution in [2.75, 3.05) is 0 Å². The van der Waals surface area contributed by atoms with Gasteiger partial charge in [0.2, 0.25) is 5.82 Å². The predicted octanol–water partition coefficient (Wildman–Crippen LogP) is 3.14. The maximum Gasteiger partial charge on any atom is 0.451 e. The minimum atomic E-state index is -4.45. The summed E-state index contributed by atoms with van der Waals surface area (Å²) in [5.74, 6) is -1.08. The van der Waals surface area contributed by atoms with Gasteiger partial charge in [0.05, 0.1) is 0 Å². The second kappa shape index (κ2) is 4.93.